The highest BCUT2D eigenvalue weighted by Gasteiger charge is 2.02. The number of hydrazone groups is 1. The van der Waals surface area contributed by atoms with Gasteiger partial charge in [0.05, 0.1) is 0 Å². The molecule has 0 aliphatic heterocycles. The van der Waals surface area contributed by atoms with E-state index < -0.39 is 0 Å². The van der Waals surface area contributed by atoms with Crippen molar-refractivity contribution >= 4 is 11.5 Å². The molecule has 0 aromatic heterocycles. The third kappa shape index (κ3) is 3.38. The third-order valence-electron chi connectivity index (χ3n) is 1.68. The summed E-state index contributed by atoms with van der Waals surface area (Å²) in [5, 5.41) is 7.36. The van der Waals surface area contributed by atoms with Crippen LogP contribution in [-0.2, 0) is 0 Å². The van der Waals surface area contributed by atoms with Crippen LogP contribution < -0.4 is 11.2 Å². The third-order valence-corrected chi connectivity index (χ3v) is 1.68. The summed E-state index contributed by atoms with van der Waals surface area (Å²) < 4.78 is 0. The van der Waals surface area contributed by atoms with E-state index >= 15 is 0 Å². The van der Waals surface area contributed by atoms with Crippen molar-refractivity contribution in [1.82, 2.24) is 5.43 Å². The normalized spacial score (nSPS) is 11.5. The summed E-state index contributed by atoms with van der Waals surface area (Å²) >= 11 is 0. The Balaban J connectivity index is 2.92. The van der Waals surface area contributed by atoms with Gasteiger partial charge in [0, 0.05) is 17.3 Å². The summed E-state index contributed by atoms with van der Waals surface area (Å²) in [6.07, 6.45) is 0. The van der Waals surface area contributed by atoms with Crippen molar-refractivity contribution in [1.29, 1.82) is 5.53 Å². The second-order valence-corrected chi connectivity index (χ2v) is 3.46. The van der Waals surface area contributed by atoms with Crippen molar-refractivity contribution < 1.29 is 0 Å². The highest BCUT2D eigenvalue weighted by atomic mass is 15.3. The molecular weight excluding hydrogens is 190 g/mol. The van der Waals surface area contributed by atoms with E-state index in [0.717, 1.165) is 5.56 Å². The summed E-state index contributed by atoms with van der Waals surface area (Å²) in [5.74, 6) is 0.330. The van der Waals surface area contributed by atoms with E-state index in [4.69, 9.17) is 11.3 Å². The highest BCUT2D eigenvalue weighted by molar-refractivity contribution is 5.99. The van der Waals surface area contributed by atoms with Crippen molar-refractivity contribution in [2.75, 3.05) is 5.73 Å². The molecule has 1 aromatic carbocycles. The molecule has 0 bridgehead atoms. The minimum Gasteiger partial charge on any atom is -0.399 e. The zero-order chi connectivity index (χ0) is 11.3. The van der Waals surface area contributed by atoms with Crippen molar-refractivity contribution in [3.05, 3.63) is 29.8 Å². The number of amidine groups is 1. The SMILES string of the molecule is CC(C)N/N=C(\N=N)c1cccc(N)c1. The molecule has 15 heavy (non-hydrogen) atoms. The molecule has 4 N–H and O–H groups in total. The lowest BCUT2D eigenvalue weighted by Gasteiger charge is -2.05. The van der Waals surface area contributed by atoms with Crippen LogP contribution in [0.1, 0.15) is 19.4 Å². The number of nitrogens with one attached hydrogen (secondary N) is 2. The molecule has 0 saturated carbocycles. The van der Waals surface area contributed by atoms with Gasteiger partial charge in [-0.15, -0.1) is 5.11 Å². The van der Waals surface area contributed by atoms with Gasteiger partial charge in [0.2, 0.25) is 0 Å². The van der Waals surface area contributed by atoms with Gasteiger partial charge in [0.15, 0.2) is 5.84 Å². The molecule has 0 aliphatic rings. The Morgan fingerprint density at radius 3 is 2.73 bits per heavy atom. The first-order valence-electron chi connectivity index (χ1n) is 4.70. The van der Waals surface area contributed by atoms with Gasteiger partial charge < -0.3 is 11.2 Å². The number of anilines is 1. The Morgan fingerprint density at radius 2 is 2.20 bits per heavy atom. The van der Waals surface area contributed by atoms with E-state index in [-0.39, 0.29) is 6.04 Å². The molecule has 0 unspecified atom stereocenters. The molecule has 5 heteroatoms. The predicted octanol–water partition coefficient (Wildman–Crippen LogP) is 1.96. The Labute approximate surface area is 88.9 Å². The largest absolute Gasteiger partial charge is 0.399 e. The topological polar surface area (TPSA) is 86.6 Å². The number of nitrogen functional groups attached to an aromatic ring is 1. The summed E-state index contributed by atoms with van der Waals surface area (Å²) in [4.78, 5) is 0. The first-order valence-corrected chi connectivity index (χ1v) is 4.70. The highest BCUT2D eigenvalue weighted by Crippen LogP contribution is 2.08. The van der Waals surface area contributed by atoms with Gasteiger partial charge in [-0.2, -0.15) is 5.10 Å². The van der Waals surface area contributed by atoms with Crippen molar-refractivity contribution in [3.63, 3.8) is 0 Å². The Morgan fingerprint density at radius 1 is 1.47 bits per heavy atom. The van der Waals surface area contributed by atoms with Crippen LogP contribution in [0, 0.1) is 5.53 Å². The number of hydrogen-bond acceptors (Lipinski definition) is 4. The van der Waals surface area contributed by atoms with Gasteiger partial charge in [-0.05, 0) is 26.0 Å². The standard InChI is InChI=1S/C10H15N5/c1-7(2)14-15-10(13-12)8-4-3-5-9(11)6-8/h3-7,12,14H,11H2,1-2H3/b13-12?,15-10-. The van der Waals surface area contributed by atoms with E-state index in [2.05, 4.69) is 15.6 Å². The minimum absolute atomic E-state index is 0.211. The van der Waals surface area contributed by atoms with Crippen LogP contribution in [-0.4, -0.2) is 11.9 Å². The zero-order valence-electron chi connectivity index (χ0n) is 8.86. The summed E-state index contributed by atoms with van der Waals surface area (Å²) in [6, 6.07) is 7.35. The van der Waals surface area contributed by atoms with Crippen LogP contribution in [0.15, 0.2) is 34.5 Å². The summed E-state index contributed by atoms with van der Waals surface area (Å²) in [7, 11) is 0. The van der Waals surface area contributed by atoms with Crippen LogP contribution in [0.25, 0.3) is 0 Å². The molecule has 0 spiro atoms. The molecule has 0 heterocycles. The van der Waals surface area contributed by atoms with Crippen molar-refractivity contribution in [2.24, 2.45) is 10.2 Å². The molecule has 0 fully saturated rings. The lowest BCUT2D eigenvalue weighted by atomic mass is 10.2. The molecule has 0 saturated heterocycles. The first-order chi connectivity index (χ1) is 7.13. The monoisotopic (exact) mass is 205 g/mol. The molecule has 1 rings (SSSR count). The molecule has 0 aliphatic carbocycles. The maximum atomic E-state index is 7.03. The second kappa shape index (κ2) is 5.09. The van der Waals surface area contributed by atoms with Gasteiger partial charge in [0.1, 0.15) is 0 Å². The lowest BCUT2D eigenvalue weighted by Crippen LogP contribution is -2.18. The van der Waals surface area contributed by atoms with Crippen LogP contribution in [0.3, 0.4) is 0 Å². The van der Waals surface area contributed by atoms with Crippen molar-refractivity contribution in [2.45, 2.75) is 19.9 Å². The van der Waals surface area contributed by atoms with Gasteiger partial charge in [-0.1, -0.05) is 12.1 Å². The van der Waals surface area contributed by atoms with Gasteiger partial charge in [-0.25, -0.2) is 5.53 Å². The molecule has 0 atom stereocenters. The number of benzene rings is 1. The Hall–Kier alpha value is -1.91. The average Bonchev–Trinajstić information content (AvgIpc) is 2.18. The smallest absolute Gasteiger partial charge is 0.200 e. The zero-order valence-corrected chi connectivity index (χ0v) is 8.86. The van der Waals surface area contributed by atoms with E-state index in [0.29, 0.717) is 11.5 Å². The fraction of sp³-hybridized carbons (Fsp3) is 0.300. The molecule has 0 amide bonds. The van der Waals surface area contributed by atoms with Crippen LogP contribution >= 0.6 is 0 Å². The maximum absolute atomic E-state index is 7.03. The predicted molar refractivity (Wildman–Crippen MR) is 60.8 cm³/mol. The van der Waals surface area contributed by atoms with Gasteiger partial charge in [-0.3, -0.25) is 0 Å². The second-order valence-electron chi connectivity index (χ2n) is 3.46. The molecule has 1 aromatic rings. The van der Waals surface area contributed by atoms with E-state index in [9.17, 15) is 0 Å². The Bertz CT molecular complexity index is 370. The summed E-state index contributed by atoms with van der Waals surface area (Å²) in [6.45, 7) is 3.93. The minimum atomic E-state index is 0.211. The number of nitrogens with zero attached hydrogens (tertiary/aromatic N) is 2. The fourth-order valence-corrected chi connectivity index (χ4v) is 1.02. The van der Waals surface area contributed by atoms with Crippen LogP contribution in [0.5, 0.6) is 0 Å². The number of hydrogen-bond donors (Lipinski definition) is 3. The quantitative estimate of drug-likeness (QED) is 0.231. The van der Waals surface area contributed by atoms with E-state index in [1.165, 1.54) is 0 Å². The average molecular weight is 205 g/mol. The van der Waals surface area contributed by atoms with E-state index in [1.807, 2.05) is 19.9 Å². The van der Waals surface area contributed by atoms with Gasteiger partial charge in [0.25, 0.3) is 0 Å². The Kier molecular flexibility index (Phi) is 3.79. The van der Waals surface area contributed by atoms with Crippen molar-refractivity contribution in [3.8, 4) is 0 Å². The number of nitrogens with two attached hydrogens (primary N) is 1. The molecule has 80 valence electrons. The molecule has 5 nitrogen and oxygen atoms in total. The lowest BCUT2D eigenvalue weighted by molar-refractivity contribution is 0.619. The molecular formula is C10H15N5. The van der Waals surface area contributed by atoms with Crippen LogP contribution in [0.4, 0.5) is 5.69 Å². The van der Waals surface area contributed by atoms with Crippen LogP contribution in [0.2, 0.25) is 0 Å². The maximum Gasteiger partial charge on any atom is 0.200 e. The fourth-order valence-electron chi connectivity index (χ4n) is 1.02. The molecule has 0 radical (unpaired) electrons. The van der Waals surface area contributed by atoms with E-state index in [1.54, 1.807) is 18.2 Å². The first kappa shape index (κ1) is 11.2. The summed E-state index contributed by atoms with van der Waals surface area (Å²) in [5.41, 5.74) is 16.9. The van der Waals surface area contributed by atoms with Gasteiger partial charge >= 0.3 is 0 Å². The number of rotatable bonds is 3.